The molecule has 2 aromatic heterocycles. The highest BCUT2D eigenvalue weighted by atomic mass is 127. The zero-order valence-electron chi connectivity index (χ0n) is 8.39. The molecule has 0 unspecified atom stereocenters. The molecular formula is C13H8IN2. The number of rotatable bonds is 1. The number of pyridine rings is 1. The number of imidazole rings is 1. The number of fused-ring (bicyclic) bond motifs is 1. The molecular weight excluding hydrogens is 311 g/mol. The normalized spacial score (nSPS) is 10.8. The molecule has 0 aliphatic heterocycles. The lowest BCUT2D eigenvalue weighted by Gasteiger charge is -1.91. The minimum absolute atomic E-state index is 0.891. The highest BCUT2D eigenvalue weighted by Crippen LogP contribution is 2.18. The van der Waals surface area contributed by atoms with Gasteiger partial charge in [0.15, 0.2) is 0 Å². The van der Waals surface area contributed by atoms with Crippen LogP contribution in [0.25, 0.3) is 16.9 Å². The summed E-state index contributed by atoms with van der Waals surface area (Å²) in [5, 5.41) is 0. The van der Waals surface area contributed by atoms with Crippen LogP contribution in [0.2, 0.25) is 0 Å². The lowest BCUT2D eigenvalue weighted by molar-refractivity contribution is 1.16. The van der Waals surface area contributed by atoms with Crippen molar-refractivity contribution in [2.24, 2.45) is 0 Å². The highest BCUT2D eigenvalue weighted by Gasteiger charge is 2.04. The van der Waals surface area contributed by atoms with E-state index in [1.807, 2.05) is 53.1 Å². The van der Waals surface area contributed by atoms with Gasteiger partial charge in [0.05, 0.1) is 11.9 Å². The molecule has 0 amide bonds. The van der Waals surface area contributed by atoms with E-state index in [-0.39, 0.29) is 0 Å². The Labute approximate surface area is 107 Å². The number of hydrogen-bond acceptors (Lipinski definition) is 1. The predicted molar refractivity (Wildman–Crippen MR) is 72.2 cm³/mol. The van der Waals surface area contributed by atoms with Gasteiger partial charge in [-0.15, -0.1) is 0 Å². The van der Waals surface area contributed by atoms with Crippen molar-refractivity contribution in [3.8, 4) is 11.3 Å². The summed E-state index contributed by atoms with van der Waals surface area (Å²) in [6, 6.07) is 14.2. The van der Waals surface area contributed by atoms with Gasteiger partial charge >= 0.3 is 0 Å². The number of aromatic nitrogens is 2. The van der Waals surface area contributed by atoms with Crippen molar-refractivity contribution in [2.75, 3.05) is 0 Å². The van der Waals surface area contributed by atoms with Crippen molar-refractivity contribution < 1.29 is 0 Å². The van der Waals surface area contributed by atoms with E-state index in [0.29, 0.717) is 0 Å². The van der Waals surface area contributed by atoms with E-state index in [1.54, 1.807) is 0 Å². The molecule has 3 aromatic rings. The second kappa shape index (κ2) is 3.90. The Hall–Kier alpha value is -1.36. The van der Waals surface area contributed by atoms with Gasteiger partial charge in [-0.3, -0.25) is 4.40 Å². The lowest BCUT2D eigenvalue weighted by atomic mass is 10.2. The summed E-state index contributed by atoms with van der Waals surface area (Å²) in [4.78, 5) is 4.53. The van der Waals surface area contributed by atoms with Crippen LogP contribution in [0.4, 0.5) is 0 Å². The van der Waals surface area contributed by atoms with E-state index in [9.17, 15) is 0 Å². The number of nitrogens with zero attached hydrogens (tertiary/aromatic N) is 2. The fraction of sp³-hybridized carbons (Fsp3) is 0. The van der Waals surface area contributed by atoms with Gasteiger partial charge in [0, 0.05) is 15.3 Å². The molecule has 1 aromatic carbocycles. The summed E-state index contributed by atoms with van der Waals surface area (Å²) in [6.07, 6.45) is 5.28. The van der Waals surface area contributed by atoms with E-state index in [2.05, 4.69) is 33.8 Å². The van der Waals surface area contributed by atoms with Gasteiger partial charge in [-0.25, -0.2) is 4.98 Å². The summed E-state index contributed by atoms with van der Waals surface area (Å²) >= 11 is 2.28. The molecule has 0 atom stereocenters. The van der Waals surface area contributed by atoms with E-state index < -0.39 is 0 Å². The summed E-state index contributed by atoms with van der Waals surface area (Å²) in [5.74, 6) is 0. The molecule has 77 valence electrons. The van der Waals surface area contributed by atoms with Gasteiger partial charge in [-0.2, -0.15) is 0 Å². The van der Waals surface area contributed by atoms with Crippen LogP contribution >= 0.6 is 22.6 Å². The van der Waals surface area contributed by atoms with Crippen LogP contribution in [-0.4, -0.2) is 9.38 Å². The molecule has 2 heterocycles. The van der Waals surface area contributed by atoms with E-state index in [4.69, 9.17) is 0 Å². The van der Waals surface area contributed by atoms with E-state index in [1.165, 1.54) is 3.57 Å². The Kier molecular flexibility index (Phi) is 2.40. The Morgan fingerprint density at radius 2 is 1.88 bits per heavy atom. The fourth-order valence-electron chi connectivity index (χ4n) is 1.63. The van der Waals surface area contributed by atoms with Crippen molar-refractivity contribution in [3.05, 3.63) is 58.4 Å². The monoisotopic (exact) mass is 319 g/mol. The van der Waals surface area contributed by atoms with Gasteiger partial charge < -0.3 is 0 Å². The molecule has 16 heavy (non-hydrogen) atoms. The minimum Gasteiger partial charge on any atom is -0.297 e. The molecule has 0 fully saturated rings. The average Bonchev–Trinajstić information content (AvgIpc) is 2.73. The van der Waals surface area contributed by atoms with Crippen molar-refractivity contribution in [1.29, 1.82) is 0 Å². The first kappa shape index (κ1) is 9.84. The lowest BCUT2D eigenvalue weighted by Crippen LogP contribution is -1.82. The smallest absolute Gasteiger partial charge is 0.138 e. The molecule has 0 N–H and O–H groups in total. The summed E-state index contributed by atoms with van der Waals surface area (Å²) < 4.78 is 3.11. The van der Waals surface area contributed by atoms with Crippen molar-refractivity contribution >= 4 is 28.2 Å². The number of benzene rings is 1. The number of halogens is 1. The van der Waals surface area contributed by atoms with Gasteiger partial charge in [0.25, 0.3) is 0 Å². The third-order valence-corrected chi connectivity index (χ3v) is 3.03. The maximum absolute atomic E-state index is 4.53. The molecule has 2 nitrogen and oxygen atoms in total. The standard InChI is InChI=1S/C13H8IN2/c14-11-6-7-13-15-12(9-16(13)8-11)10-4-2-1-3-5-10/h1-8H. The molecule has 3 heteroatoms. The fourth-order valence-corrected chi connectivity index (χ4v) is 2.08. The Morgan fingerprint density at radius 3 is 2.69 bits per heavy atom. The maximum atomic E-state index is 4.53. The molecule has 0 saturated carbocycles. The Bertz CT molecular complexity index is 629. The first-order valence-corrected chi connectivity index (χ1v) is 6.03. The highest BCUT2D eigenvalue weighted by molar-refractivity contribution is 14.1. The van der Waals surface area contributed by atoms with Crippen LogP contribution in [0.15, 0.2) is 48.7 Å². The first-order valence-electron chi connectivity index (χ1n) is 4.95. The molecule has 1 radical (unpaired) electrons. The van der Waals surface area contributed by atoms with Crippen LogP contribution in [0, 0.1) is 9.77 Å². The third kappa shape index (κ3) is 1.71. The minimum atomic E-state index is 0.891. The quantitative estimate of drug-likeness (QED) is 0.628. The molecule has 0 aliphatic carbocycles. The molecule has 3 rings (SSSR count). The molecule has 0 bridgehead atoms. The summed E-state index contributed by atoms with van der Waals surface area (Å²) in [7, 11) is 0. The van der Waals surface area contributed by atoms with Crippen molar-refractivity contribution in [2.45, 2.75) is 0 Å². The molecule has 0 spiro atoms. The topological polar surface area (TPSA) is 17.3 Å². The van der Waals surface area contributed by atoms with Gasteiger partial charge in [0.1, 0.15) is 5.65 Å². The van der Waals surface area contributed by atoms with Crippen molar-refractivity contribution in [3.63, 3.8) is 0 Å². The molecule has 0 saturated heterocycles. The van der Waals surface area contributed by atoms with Crippen LogP contribution in [0.3, 0.4) is 0 Å². The zero-order chi connectivity index (χ0) is 11.0. The van der Waals surface area contributed by atoms with E-state index >= 15 is 0 Å². The van der Waals surface area contributed by atoms with E-state index in [0.717, 1.165) is 16.9 Å². The van der Waals surface area contributed by atoms with Gasteiger partial charge in [-0.1, -0.05) is 30.3 Å². The zero-order valence-corrected chi connectivity index (χ0v) is 10.5. The van der Waals surface area contributed by atoms with Crippen LogP contribution in [0.5, 0.6) is 0 Å². The third-order valence-electron chi connectivity index (χ3n) is 2.39. The van der Waals surface area contributed by atoms with Gasteiger partial charge in [-0.05, 0) is 34.7 Å². The summed E-state index contributed by atoms with van der Waals surface area (Å²) in [6.45, 7) is 0. The van der Waals surface area contributed by atoms with Crippen LogP contribution < -0.4 is 0 Å². The van der Waals surface area contributed by atoms with Crippen LogP contribution in [0.1, 0.15) is 0 Å². The first-order chi connectivity index (χ1) is 7.83. The Balaban J connectivity index is 2.19. The van der Waals surface area contributed by atoms with Crippen molar-refractivity contribution in [1.82, 2.24) is 9.38 Å². The van der Waals surface area contributed by atoms with Gasteiger partial charge in [0.2, 0.25) is 0 Å². The number of hydrogen-bond donors (Lipinski definition) is 0. The predicted octanol–water partition coefficient (Wildman–Crippen LogP) is 3.41. The van der Waals surface area contributed by atoms with Crippen LogP contribution in [-0.2, 0) is 0 Å². The maximum Gasteiger partial charge on any atom is 0.138 e. The second-order valence-electron chi connectivity index (χ2n) is 3.51. The second-order valence-corrected chi connectivity index (χ2v) is 4.76. The largest absolute Gasteiger partial charge is 0.297 e. The SMILES string of the molecule is Ic1ccc2nc(-c3ccccc3)[c]n2c1. The summed E-state index contributed by atoms with van der Waals surface area (Å²) in [5.41, 5.74) is 2.92. The Morgan fingerprint density at radius 1 is 1.06 bits per heavy atom. The molecule has 0 aliphatic rings. The average molecular weight is 319 g/mol.